The summed E-state index contributed by atoms with van der Waals surface area (Å²) in [6.07, 6.45) is 3.61. The molecule has 0 bridgehead atoms. The number of amides is 1. The summed E-state index contributed by atoms with van der Waals surface area (Å²) in [5.74, 6) is 0.180. The summed E-state index contributed by atoms with van der Waals surface area (Å²) in [6.45, 7) is 6.18. The van der Waals surface area contributed by atoms with Crippen LogP contribution in [0.2, 0.25) is 0 Å². The summed E-state index contributed by atoms with van der Waals surface area (Å²) < 4.78 is 1.01. The number of carbonyl (C=O) groups is 1. The molecule has 0 aliphatic carbocycles. The highest BCUT2D eigenvalue weighted by atomic mass is 79.9. The maximum atomic E-state index is 12.7. The van der Waals surface area contributed by atoms with Gasteiger partial charge in [-0.3, -0.25) is 9.69 Å². The molecule has 1 unspecified atom stereocenters. The third-order valence-electron chi connectivity index (χ3n) is 4.51. The lowest BCUT2D eigenvalue weighted by atomic mass is 10.1. The van der Waals surface area contributed by atoms with Crippen LogP contribution in [0.1, 0.15) is 35.2 Å². The average Bonchev–Trinajstić information content (AvgIpc) is 2.78. The Morgan fingerprint density at radius 3 is 2.85 bits per heavy atom. The predicted octanol–water partition coefficient (Wildman–Crippen LogP) is 3.07. The van der Waals surface area contributed by atoms with Crippen molar-refractivity contribution in [3.8, 4) is 0 Å². The van der Waals surface area contributed by atoms with E-state index in [1.54, 1.807) is 0 Å². The highest BCUT2D eigenvalue weighted by Crippen LogP contribution is 2.23. The maximum absolute atomic E-state index is 12.7. The van der Waals surface area contributed by atoms with Crippen molar-refractivity contribution in [2.45, 2.75) is 32.2 Å². The molecule has 1 aromatic carbocycles. The summed E-state index contributed by atoms with van der Waals surface area (Å²) in [4.78, 5) is 17.3. The zero-order valence-corrected chi connectivity index (χ0v) is 13.5. The Hall–Kier alpha value is -0.870. The van der Waals surface area contributed by atoms with Gasteiger partial charge in [0.15, 0.2) is 0 Å². The van der Waals surface area contributed by atoms with Crippen LogP contribution in [0.5, 0.6) is 0 Å². The van der Waals surface area contributed by atoms with E-state index in [1.807, 2.05) is 30.0 Å². The van der Waals surface area contributed by atoms with Gasteiger partial charge in [-0.15, -0.1) is 0 Å². The number of nitrogens with zero attached hydrogens (tertiary/aromatic N) is 2. The summed E-state index contributed by atoms with van der Waals surface area (Å²) in [5.41, 5.74) is 1.97. The molecule has 2 aliphatic heterocycles. The third-order valence-corrected chi connectivity index (χ3v) is 5.36. The molecule has 4 heteroatoms. The van der Waals surface area contributed by atoms with Gasteiger partial charge >= 0.3 is 0 Å². The van der Waals surface area contributed by atoms with Gasteiger partial charge in [0.25, 0.3) is 5.91 Å². The smallest absolute Gasteiger partial charge is 0.253 e. The van der Waals surface area contributed by atoms with Crippen molar-refractivity contribution in [1.29, 1.82) is 0 Å². The molecule has 1 atom stereocenters. The molecular formula is C16H21BrN2O. The summed E-state index contributed by atoms with van der Waals surface area (Å²) in [7, 11) is 0. The van der Waals surface area contributed by atoms with E-state index in [-0.39, 0.29) is 5.91 Å². The maximum Gasteiger partial charge on any atom is 0.253 e. The Labute approximate surface area is 129 Å². The van der Waals surface area contributed by atoms with Crippen LogP contribution in [0.3, 0.4) is 0 Å². The topological polar surface area (TPSA) is 23.6 Å². The molecule has 0 aromatic heterocycles. The standard InChI is InChI=1S/C16H21BrN2O/c1-12-5-6-13(10-15(12)17)16(20)19-9-3-8-18-7-2-4-14(18)11-19/h5-6,10,14H,2-4,7-9,11H2,1H3. The molecule has 2 aliphatic rings. The van der Waals surface area contributed by atoms with Crippen molar-refractivity contribution < 1.29 is 4.79 Å². The van der Waals surface area contributed by atoms with Crippen molar-refractivity contribution in [2.24, 2.45) is 0 Å². The van der Waals surface area contributed by atoms with Crippen LogP contribution in [-0.4, -0.2) is 47.9 Å². The molecule has 2 saturated heterocycles. The van der Waals surface area contributed by atoms with Crippen molar-refractivity contribution >= 4 is 21.8 Å². The summed E-state index contributed by atoms with van der Waals surface area (Å²) in [6, 6.07) is 6.49. The normalized spacial score (nSPS) is 23.5. The second kappa shape index (κ2) is 5.86. The van der Waals surface area contributed by atoms with E-state index in [1.165, 1.54) is 24.9 Å². The van der Waals surface area contributed by atoms with Crippen LogP contribution in [-0.2, 0) is 0 Å². The van der Waals surface area contributed by atoms with Gasteiger partial charge in [0.05, 0.1) is 0 Å². The second-order valence-electron chi connectivity index (χ2n) is 5.90. The molecule has 0 spiro atoms. The number of carbonyl (C=O) groups excluding carboxylic acids is 1. The molecule has 20 heavy (non-hydrogen) atoms. The Bertz CT molecular complexity index is 517. The highest BCUT2D eigenvalue weighted by molar-refractivity contribution is 9.10. The highest BCUT2D eigenvalue weighted by Gasteiger charge is 2.30. The van der Waals surface area contributed by atoms with Gasteiger partial charge in [-0.05, 0) is 50.4 Å². The van der Waals surface area contributed by atoms with Crippen LogP contribution >= 0.6 is 15.9 Å². The van der Waals surface area contributed by atoms with E-state index < -0.39 is 0 Å². The molecule has 0 saturated carbocycles. The lowest BCUT2D eigenvalue weighted by molar-refractivity contribution is 0.0743. The Kier molecular flexibility index (Phi) is 4.13. The van der Waals surface area contributed by atoms with Gasteiger partial charge in [-0.25, -0.2) is 0 Å². The number of aryl methyl sites for hydroxylation is 1. The molecule has 2 heterocycles. The number of fused-ring (bicyclic) bond motifs is 1. The number of hydrogen-bond acceptors (Lipinski definition) is 2. The van der Waals surface area contributed by atoms with Gasteiger partial charge in [0.1, 0.15) is 0 Å². The van der Waals surface area contributed by atoms with Crippen molar-refractivity contribution in [2.75, 3.05) is 26.2 Å². The van der Waals surface area contributed by atoms with Crippen LogP contribution in [0.25, 0.3) is 0 Å². The molecule has 3 nitrogen and oxygen atoms in total. The van der Waals surface area contributed by atoms with Gasteiger partial charge in [-0.2, -0.15) is 0 Å². The first-order valence-corrected chi connectivity index (χ1v) is 8.24. The fraction of sp³-hybridized carbons (Fsp3) is 0.562. The van der Waals surface area contributed by atoms with Gasteiger partial charge in [0.2, 0.25) is 0 Å². The molecule has 3 rings (SSSR count). The fourth-order valence-corrected chi connectivity index (χ4v) is 3.68. The molecule has 0 N–H and O–H groups in total. The Balaban J connectivity index is 1.77. The minimum absolute atomic E-state index is 0.180. The van der Waals surface area contributed by atoms with Crippen LogP contribution in [0.4, 0.5) is 0 Å². The Morgan fingerprint density at radius 1 is 1.25 bits per heavy atom. The van der Waals surface area contributed by atoms with Crippen LogP contribution < -0.4 is 0 Å². The van der Waals surface area contributed by atoms with Gasteiger partial charge < -0.3 is 4.90 Å². The number of halogens is 1. The predicted molar refractivity (Wildman–Crippen MR) is 84.0 cm³/mol. The van der Waals surface area contributed by atoms with Crippen molar-refractivity contribution in [1.82, 2.24) is 9.80 Å². The molecule has 1 amide bonds. The second-order valence-corrected chi connectivity index (χ2v) is 6.76. The first-order valence-electron chi connectivity index (χ1n) is 7.44. The van der Waals surface area contributed by atoms with Gasteiger partial charge in [-0.1, -0.05) is 22.0 Å². The first kappa shape index (κ1) is 14.1. The molecular weight excluding hydrogens is 316 g/mol. The quantitative estimate of drug-likeness (QED) is 0.786. The lowest BCUT2D eigenvalue weighted by Crippen LogP contribution is -2.39. The Morgan fingerprint density at radius 2 is 2.05 bits per heavy atom. The minimum atomic E-state index is 0.180. The molecule has 2 fully saturated rings. The van der Waals surface area contributed by atoms with Crippen LogP contribution in [0.15, 0.2) is 22.7 Å². The van der Waals surface area contributed by atoms with Crippen LogP contribution in [0, 0.1) is 6.92 Å². The first-order chi connectivity index (χ1) is 9.65. The minimum Gasteiger partial charge on any atom is -0.337 e. The monoisotopic (exact) mass is 336 g/mol. The van der Waals surface area contributed by atoms with Gasteiger partial charge in [0, 0.05) is 35.7 Å². The average molecular weight is 337 g/mol. The van der Waals surface area contributed by atoms with E-state index in [4.69, 9.17) is 0 Å². The summed E-state index contributed by atoms with van der Waals surface area (Å²) in [5, 5.41) is 0. The fourth-order valence-electron chi connectivity index (χ4n) is 3.30. The van der Waals surface area contributed by atoms with Crippen molar-refractivity contribution in [3.05, 3.63) is 33.8 Å². The largest absolute Gasteiger partial charge is 0.337 e. The molecule has 1 aromatic rings. The number of benzene rings is 1. The summed E-state index contributed by atoms with van der Waals surface area (Å²) >= 11 is 3.52. The number of rotatable bonds is 1. The third kappa shape index (κ3) is 2.77. The van der Waals surface area contributed by atoms with E-state index in [0.717, 1.165) is 36.1 Å². The number of hydrogen-bond donors (Lipinski definition) is 0. The molecule has 108 valence electrons. The van der Waals surface area contributed by atoms with E-state index in [0.29, 0.717) is 6.04 Å². The molecule has 0 radical (unpaired) electrons. The van der Waals surface area contributed by atoms with E-state index >= 15 is 0 Å². The van der Waals surface area contributed by atoms with E-state index in [9.17, 15) is 4.79 Å². The van der Waals surface area contributed by atoms with E-state index in [2.05, 4.69) is 20.8 Å². The SMILES string of the molecule is Cc1ccc(C(=O)N2CCCN3CCCC3C2)cc1Br. The van der Waals surface area contributed by atoms with Crippen molar-refractivity contribution in [3.63, 3.8) is 0 Å². The zero-order chi connectivity index (χ0) is 14.1. The zero-order valence-electron chi connectivity index (χ0n) is 11.9. The lowest BCUT2D eigenvalue weighted by Gasteiger charge is -2.25.